The molecule has 0 bridgehead atoms. The predicted octanol–water partition coefficient (Wildman–Crippen LogP) is 0.183. The lowest BCUT2D eigenvalue weighted by Gasteiger charge is -2.07. The van der Waals surface area contributed by atoms with Crippen LogP contribution in [0.3, 0.4) is 0 Å². The lowest BCUT2D eigenvalue weighted by molar-refractivity contribution is -0.125. The van der Waals surface area contributed by atoms with Crippen molar-refractivity contribution in [3.63, 3.8) is 0 Å². The third-order valence-corrected chi connectivity index (χ3v) is 1.69. The van der Waals surface area contributed by atoms with Crippen molar-refractivity contribution >= 4 is 11.8 Å². The van der Waals surface area contributed by atoms with Crippen LogP contribution in [0.1, 0.15) is 33.1 Å². The first-order valence-electron chi connectivity index (χ1n) is 5.19. The van der Waals surface area contributed by atoms with Gasteiger partial charge in [-0.25, -0.2) is 0 Å². The van der Waals surface area contributed by atoms with Crippen LogP contribution in [0.4, 0.5) is 0 Å². The monoisotopic (exact) mass is 216 g/mol. The Kier molecular flexibility index (Phi) is 7.62. The number of ether oxygens (including phenoxy) is 1. The summed E-state index contributed by atoms with van der Waals surface area (Å²) in [7, 11) is 0. The summed E-state index contributed by atoms with van der Waals surface area (Å²) < 4.78 is 5.30. The number of carbonyl (C=O) groups excluding carboxylic acids is 2. The van der Waals surface area contributed by atoms with Crippen LogP contribution in [0.25, 0.3) is 0 Å². The molecule has 0 aromatic carbocycles. The van der Waals surface area contributed by atoms with Gasteiger partial charge < -0.3 is 15.8 Å². The van der Waals surface area contributed by atoms with Crippen LogP contribution in [-0.4, -0.2) is 31.1 Å². The van der Waals surface area contributed by atoms with E-state index in [-0.39, 0.29) is 24.9 Å². The van der Waals surface area contributed by atoms with Crippen LogP contribution in [-0.2, 0) is 14.3 Å². The standard InChI is InChI=1S/C10H20N2O3/c1-8(2)15-7-3-6-12-10(14)5-4-9(11)13/h8H,3-7H2,1-2H3,(H2,11,13)(H,12,14). The predicted molar refractivity (Wildman–Crippen MR) is 57.1 cm³/mol. The van der Waals surface area contributed by atoms with Gasteiger partial charge in [0.05, 0.1) is 6.10 Å². The average Bonchev–Trinajstić information content (AvgIpc) is 2.13. The highest BCUT2D eigenvalue weighted by atomic mass is 16.5. The van der Waals surface area contributed by atoms with E-state index in [0.29, 0.717) is 13.2 Å². The van der Waals surface area contributed by atoms with Gasteiger partial charge in [-0.2, -0.15) is 0 Å². The number of carbonyl (C=O) groups is 2. The van der Waals surface area contributed by atoms with Crippen molar-refractivity contribution in [2.75, 3.05) is 13.2 Å². The Morgan fingerprint density at radius 1 is 1.33 bits per heavy atom. The van der Waals surface area contributed by atoms with E-state index < -0.39 is 5.91 Å². The summed E-state index contributed by atoms with van der Waals surface area (Å²) in [5.41, 5.74) is 4.91. The molecule has 2 amide bonds. The summed E-state index contributed by atoms with van der Waals surface area (Å²) in [6.45, 7) is 5.13. The van der Waals surface area contributed by atoms with E-state index in [9.17, 15) is 9.59 Å². The van der Waals surface area contributed by atoms with Gasteiger partial charge in [0.2, 0.25) is 11.8 Å². The molecular formula is C10H20N2O3. The summed E-state index contributed by atoms with van der Waals surface area (Å²) >= 11 is 0. The Morgan fingerprint density at radius 3 is 2.53 bits per heavy atom. The van der Waals surface area contributed by atoms with Crippen LogP contribution in [0.2, 0.25) is 0 Å². The maximum absolute atomic E-state index is 11.1. The highest BCUT2D eigenvalue weighted by molar-refractivity contribution is 5.82. The number of hydrogen-bond donors (Lipinski definition) is 2. The molecule has 0 aliphatic carbocycles. The second kappa shape index (κ2) is 8.23. The fourth-order valence-electron chi connectivity index (χ4n) is 0.944. The van der Waals surface area contributed by atoms with Crippen LogP contribution in [0.5, 0.6) is 0 Å². The van der Waals surface area contributed by atoms with Crippen molar-refractivity contribution in [1.29, 1.82) is 0 Å². The summed E-state index contributed by atoms with van der Waals surface area (Å²) in [4.78, 5) is 21.5. The number of primary amides is 1. The average molecular weight is 216 g/mol. The highest BCUT2D eigenvalue weighted by Gasteiger charge is 2.02. The minimum absolute atomic E-state index is 0.105. The molecule has 0 atom stereocenters. The Hall–Kier alpha value is -1.10. The molecule has 5 heteroatoms. The number of hydrogen-bond acceptors (Lipinski definition) is 3. The van der Waals surface area contributed by atoms with Crippen LogP contribution < -0.4 is 11.1 Å². The number of rotatable bonds is 8. The second-order valence-electron chi connectivity index (χ2n) is 3.59. The fourth-order valence-corrected chi connectivity index (χ4v) is 0.944. The van der Waals surface area contributed by atoms with Crippen LogP contribution in [0, 0.1) is 0 Å². The first kappa shape index (κ1) is 13.9. The first-order chi connectivity index (χ1) is 7.02. The van der Waals surface area contributed by atoms with Crippen molar-refractivity contribution in [2.45, 2.75) is 39.2 Å². The van der Waals surface area contributed by atoms with Crippen molar-refractivity contribution in [3.05, 3.63) is 0 Å². The molecule has 0 fully saturated rings. The van der Waals surface area contributed by atoms with Crippen LogP contribution in [0.15, 0.2) is 0 Å². The molecule has 0 aromatic heterocycles. The van der Waals surface area contributed by atoms with Crippen LogP contribution >= 0.6 is 0 Å². The van der Waals surface area contributed by atoms with E-state index in [0.717, 1.165) is 6.42 Å². The summed E-state index contributed by atoms with van der Waals surface area (Å²) in [6.07, 6.45) is 1.27. The van der Waals surface area contributed by atoms with Gasteiger partial charge in [-0.05, 0) is 20.3 Å². The smallest absolute Gasteiger partial charge is 0.220 e. The maximum atomic E-state index is 11.1. The normalized spacial score (nSPS) is 10.3. The lowest BCUT2D eigenvalue weighted by atomic mass is 10.3. The fraction of sp³-hybridized carbons (Fsp3) is 0.800. The van der Waals surface area contributed by atoms with E-state index >= 15 is 0 Å². The van der Waals surface area contributed by atoms with Crippen molar-refractivity contribution < 1.29 is 14.3 Å². The molecule has 0 aliphatic rings. The molecular weight excluding hydrogens is 196 g/mol. The minimum Gasteiger partial charge on any atom is -0.379 e. The van der Waals surface area contributed by atoms with Gasteiger partial charge >= 0.3 is 0 Å². The zero-order chi connectivity index (χ0) is 11.7. The lowest BCUT2D eigenvalue weighted by Crippen LogP contribution is -2.26. The second-order valence-corrected chi connectivity index (χ2v) is 3.59. The Labute approximate surface area is 90.4 Å². The van der Waals surface area contributed by atoms with E-state index in [1.54, 1.807) is 0 Å². The van der Waals surface area contributed by atoms with Gasteiger partial charge in [-0.3, -0.25) is 9.59 Å². The molecule has 0 aromatic rings. The Balaban J connectivity index is 3.28. The van der Waals surface area contributed by atoms with Gasteiger partial charge in [0.15, 0.2) is 0 Å². The molecule has 0 aliphatic heterocycles. The molecule has 15 heavy (non-hydrogen) atoms. The molecule has 0 saturated heterocycles. The summed E-state index contributed by atoms with van der Waals surface area (Å²) in [5.74, 6) is -0.591. The van der Waals surface area contributed by atoms with Gasteiger partial charge in [0.25, 0.3) is 0 Å². The van der Waals surface area contributed by atoms with Crippen molar-refractivity contribution in [1.82, 2.24) is 5.32 Å². The third-order valence-electron chi connectivity index (χ3n) is 1.69. The molecule has 88 valence electrons. The summed E-state index contributed by atoms with van der Waals surface area (Å²) in [5, 5.41) is 2.69. The van der Waals surface area contributed by atoms with Gasteiger partial charge in [-0.1, -0.05) is 0 Å². The number of amides is 2. The number of nitrogens with two attached hydrogens (primary N) is 1. The largest absolute Gasteiger partial charge is 0.379 e. The molecule has 5 nitrogen and oxygen atoms in total. The van der Waals surface area contributed by atoms with Crippen molar-refractivity contribution in [3.8, 4) is 0 Å². The zero-order valence-corrected chi connectivity index (χ0v) is 9.41. The molecule has 0 saturated carbocycles. The molecule has 0 spiro atoms. The summed E-state index contributed by atoms with van der Waals surface area (Å²) in [6, 6.07) is 0. The third kappa shape index (κ3) is 10.8. The van der Waals surface area contributed by atoms with E-state index in [2.05, 4.69) is 5.32 Å². The van der Waals surface area contributed by atoms with E-state index in [4.69, 9.17) is 10.5 Å². The van der Waals surface area contributed by atoms with Gasteiger partial charge in [0.1, 0.15) is 0 Å². The quantitative estimate of drug-likeness (QED) is 0.568. The van der Waals surface area contributed by atoms with E-state index in [1.165, 1.54) is 0 Å². The Bertz CT molecular complexity index is 205. The zero-order valence-electron chi connectivity index (χ0n) is 9.41. The topological polar surface area (TPSA) is 81.4 Å². The molecule has 0 heterocycles. The molecule has 0 rings (SSSR count). The maximum Gasteiger partial charge on any atom is 0.220 e. The first-order valence-corrected chi connectivity index (χ1v) is 5.19. The van der Waals surface area contributed by atoms with E-state index in [1.807, 2.05) is 13.8 Å². The minimum atomic E-state index is -0.451. The molecule has 3 N–H and O–H groups in total. The van der Waals surface area contributed by atoms with Gasteiger partial charge in [0, 0.05) is 26.0 Å². The Morgan fingerprint density at radius 2 is 2.00 bits per heavy atom. The van der Waals surface area contributed by atoms with Crippen molar-refractivity contribution in [2.24, 2.45) is 5.73 Å². The molecule has 0 unspecified atom stereocenters. The SMILES string of the molecule is CC(C)OCCCNC(=O)CCC(N)=O. The number of nitrogens with one attached hydrogen (secondary N) is 1. The van der Waals surface area contributed by atoms with Gasteiger partial charge in [-0.15, -0.1) is 0 Å². The molecule has 0 radical (unpaired) electrons. The highest BCUT2D eigenvalue weighted by Crippen LogP contribution is 1.90.